The largest absolute Gasteiger partial charge is 0.309 e. The van der Waals surface area contributed by atoms with Crippen LogP contribution in [0, 0.1) is 0 Å². The van der Waals surface area contributed by atoms with Crippen molar-refractivity contribution in [2.75, 3.05) is 0 Å². The van der Waals surface area contributed by atoms with E-state index in [4.69, 9.17) is 9.98 Å². The Balaban J connectivity index is 1.22. The van der Waals surface area contributed by atoms with Crippen LogP contribution in [0.1, 0.15) is 16.7 Å². The van der Waals surface area contributed by atoms with Crippen LogP contribution in [-0.2, 0) is 6.54 Å². The van der Waals surface area contributed by atoms with E-state index in [0.717, 1.165) is 22.4 Å². The maximum atomic E-state index is 5.13. The quantitative estimate of drug-likeness (QED) is 0.140. The Morgan fingerprint density at radius 2 is 1.20 bits per heavy atom. The van der Waals surface area contributed by atoms with Gasteiger partial charge in [-0.25, -0.2) is 9.98 Å². The Bertz CT molecular complexity index is 2360. The van der Waals surface area contributed by atoms with E-state index in [9.17, 15) is 0 Å². The van der Waals surface area contributed by atoms with Crippen molar-refractivity contribution in [3.05, 3.63) is 162 Å². The second-order valence-electron chi connectivity index (χ2n) is 10.9. The molecular formula is C40H28N4S. The molecule has 0 aliphatic rings. The lowest BCUT2D eigenvalue weighted by Gasteiger charge is -2.09. The van der Waals surface area contributed by atoms with Crippen molar-refractivity contribution in [1.29, 1.82) is 0 Å². The van der Waals surface area contributed by atoms with Gasteiger partial charge in [-0.2, -0.15) is 0 Å². The molecule has 0 aliphatic heterocycles. The van der Waals surface area contributed by atoms with Gasteiger partial charge in [0.05, 0.1) is 17.6 Å². The minimum atomic E-state index is 0.479. The Hall–Kier alpha value is -5.65. The number of aliphatic imine (C=N–C) groups is 3. The van der Waals surface area contributed by atoms with E-state index in [1.807, 2.05) is 30.3 Å². The van der Waals surface area contributed by atoms with E-state index in [-0.39, 0.29) is 0 Å². The van der Waals surface area contributed by atoms with Crippen LogP contribution >= 0.6 is 11.3 Å². The van der Waals surface area contributed by atoms with Crippen molar-refractivity contribution in [3.63, 3.8) is 0 Å². The summed E-state index contributed by atoms with van der Waals surface area (Å²) in [7, 11) is 0. The summed E-state index contributed by atoms with van der Waals surface area (Å²) in [6, 6.07) is 50.7. The van der Waals surface area contributed by atoms with E-state index < -0.39 is 0 Å². The van der Waals surface area contributed by atoms with E-state index >= 15 is 0 Å². The molecule has 0 saturated carbocycles. The van der Waals surface area contributed by atoms with Gasteiger partial charge in [-0.1, -0.05) is 109 Å². The molecule has 5 heteroatoms. The average Bonchev–Trinajstić information content (AvgIpc) is 3.65. The predicted molar refractivity (Wildman–Crippen MR) is 193 cm³/mol. The maximum Gasteiger partial charge on any atom is 0.161 e. The topological polar surface area (TPSA) is 42.0 Å². The second kappa shape index (κ2) is 11.5. The predicted octanol–water partition coefficient (Wildman–Crippen LogP) is 10.2. The van der Waals surface area contributed by atoms with Gasteiger partial charge in [0.15, 0.2) is 11.7 Å². The third-order valence-electron chi connectivity index (χ3n) is 8.22. The Morgan fingerprint density at radius 3 is 1.91 bits per heavy atom. The zero-order chi connectivity index (χ0) is 30.2. The van der Waals surface area contributed by atoms with Crippen LogP contribution in [-0.4, -0.2) is 23.0 Å². The number of hydrogen-bond donors (Lipinski definition) is 0. The number of para-hydroxylation sites is 2. The van der Waals surface area contributed by atoms with Gasteiger partial charge in [0.2, 0.25) is 0 Å². The van der Waals surface area contributed by atoms with Gasteiger partial charge in [0, 0.05) is 47.8 Å². The molecule has 0 spiro atoms. The van der Waals surface area contributed by atoms with Crippen molar-refractivity contribution < 1.29 is 0 Å². The summed E-state index contributed by atoms with van der Waals surface area (Å²) in [6.45, 7) is 4.32. The smallest absolute Gasteiger partial charge is 0.161 e. The van der Waals surface area contributed by atoms with Gasteiger partial charge in [-0.3, -0.25) is 4.99 Å². The number of fused-ring (bicyclic) bond motifs is 6. The van der Waals surface area contributed by atoms with E-state index in [1.165, 1.54) is 42.0 Å². The summed E-state index contributed by atoms with van der Waals surface area (Å²) in [6.07, 6.45) is 0. The van der Waals surface area contributed by atoms with E-state index in [2.05, 4.69) is 132 Å². The van der Waals surface area contributed by atoms with Crippen LogP contribution in [0.15, 0.2) is 161 Å². The molecule has 0 amide bonds. The third-order valence-corrected chi connectivity index (χ3v) is 9.44. The van der Waals surface area contributed by atoms with Gasteiger partial charge in [0.25, 0.3) is 0 Å². The molecule has 0 saturated heterocycles. The van der Waals surface area contributed by atoms with Crippen molar-refractivity contribution in [2.24, 2.45) is 15.0 Å². The van der Waals surface area contributed by atoms with Crippen LogP contribution < -0.4 is 0 Å². The van der Waals surface area contributed by atoms with E-state index in [1.54, 1.807) is 11.3 Å². The number of thiophene rings is 1. The summed E-state index contributed by atoms with van der Waals surface area (Å²) in [5.74, 6) is 1.19. The monoisotopic (exact) mass is 596 g/mol. The van der Waals surface area contributed by atoms with Crippen LogP contribution in [0.2, 0.25) is 0 Å². The number of hydrogen-bond acceptors (Lipinski definition) is 2. The molecule has 45 heavy (non-hydrogen) atoms. The summed E-state index contributed by atoms with van der Waals surface area (Å²) >= 11 is 1.77. The van der Waals surface area contributed by atoms with Crippen molar-refractivity contribution in [3.8, 4) is 5.69 Å². The standard InChI is InChI=1S/C40H28N4S/c1-41-39(28-12-3-2-4-13-28)43-40(34-18-11-17-33-32-16-7-10-21-37(32)45-38(33)34)42-26-27-22-24-29(25-23-27)44-35-19-8-5-14-30(35)31-15-6-9-20-36(31)44/h2-25H,1,26H2/b42-40-,43-39-. The summed E-state index contributed by atoms with van der Waals surface area (Å²) in [4.78, 5) is 14.5. The van der Waals surface area contributed by atoms with E-state index in [0.29, 0.717) is 18.2 Å². The lowest BCUT2D eigenvalue weighted by molar-refractivity contribution is 1.06. The molecular weight excluding hydrogens is 569 g/mol. The van der Waals surface area contributed by atoms with Crippen LogP contribution in [0.4, 0.5) is 0 Å². The van der Waals surface area contributed by atoms with Crippen molar-refractivity contribution in [2.45, 2.75) is 6.54 Å². The molecule has 0 fully saturated rings. The zero-order valence-corrected chi connectivity index (χ0v) is 25.3. The Morgan fingerprint density at radius 1 is 0.578 bits per heavy atom. The third kappa shape index (κ3) is 4.84. The molecule has 0 bridgehead atoms. The van der Waals surface area contributed by atoms with Crippen LogP contribution in [0.5, 0.6) is 0 Å². The molecule has 0 atom stereocenters. The highest BCUT2D eigenvalue weighted by Gasteiger charge is 2.15. The van der Waals surface area contributed by atoms with Crippen LogP contribution in [0.25, 0.3) is 47.7 Å². The van der Waals surface area contributed by atoms with Gasteiger partial charge < -0.3 is 4.57 Å². The first-order valence-corrected chi connectivity index (χ1v) is 15.7. The SMILES string of the molecule is C=N/C(=N\C(=N/Cc1ccc(-n2c3ccccc3c3ccccc32)cc1)c1cccc2c1sc1ccccc12)c1ccccc1. The molecule has 8 aromatic rings. The highest BCUT2D eigenvalue weighted by Crippen LogP contribution is 2.36. The van der Waals surface area contributed by atoms with Gasteiger partial charge in [0.1, 0.15) is 0 Å². The molecule has 0 aliphatic carbocycles. The highest BCUT2D eigenvalue weighted by atomic mass is 32.1. The van der Waals surface area contributed by atoms with Crippen molar-refractivity contribution in [1.82, 2.24) is 4.57 Å². The first-order chi connectivity index (χ1) is 22.3. The molecule has 8 rings (SSSR count). The fraction of sp³-hybridized carbons (Fsp3) is 0.0250. The Labute approximate surface area is 265 Å². The molecule has 4 nitrogen and oxygen atoms in total. The molecule has 214 valence electrons. The first-order valence-electron chi connectivity index (χ1n) is 14.9. The number of aromatic nitrogens is 1. The summed E-state index contributed by atoms with van der Waals surface area (Å²) in [5, 5.41) is 4.96. The lowest BCUT2D eigenvalue weighted by Crippen LogP contribution is -2.05. The number of amidine groups is 2. The fourth-order valence-electron chi connectivity index (χ4n) is 6.10. The minimum absolute atomic E-state index is 0.479. The van der Waals surface area contributed by atoms with Crippen molar-refractivity contribution >= 4 is 71.7 Å². The first kappa shape index (κ1) is 26.9. The molecule has 0 unspecified atom stereocenters. The molecule has 2 heterocycles. The molecule has 2 aromatic heterocycles. The summed E-state index contributed by atoms with van der Waals surface area (Å²) in [5.41, 5.74) is 6.51. The summed E-state index contributed by atoms with van der Waals surface area (Å²) < 4.78 is 4.74. The molecule has 0 radical (unpaired) electrons. The number of rotatable bonds is 5. The molecule has 0 N–H and O–H groups in total. The van der Waals surface area contributed by atoms with Gasteiger partial charge >= 0.3 is 0 Å². The maximum absolute atomic E-state index is 5.13. The minimum Gasteiger partial charge on any atom is -0.309 e. The second-order valence-corrected chi connectivity index (χ2v) is 12.0. The highest BCUT2D eigenvalue weighted by molar-refractivity contribution is 7.26. The lowest BCUT2D eigenvalue weighted by atomic mass is 10.1. The molecule has 6 aromatic carbocycles. The Kier molecular flexibility index (Phi) is 6.86. The number of nitrogens with zero attached hydrogens (tertiary/aromatic N) is 4. The fourth-order valence-corrected chi connectivity index (χ4v) is 7.31. The van der Waals surface area contributed by atoms with Gasteiger partial charge in [-0.15, -0.1) is 11.3 Å². The number of benzene rings is 6. The average molecular weight is 597 g/mol. The van der Waals surface area contributed by atoms with Crippen LogP contribution in [0.3, 0.4) is 0 Å². The normalized spacial score (nSPS) is 12.4. The zero-order valence-electron chi connectivity index (χ0n) is 24.5. The van der Waals surface area contributed by atoms with Gasteiger partial charge in [-0.05, 0) is 48.7 Å².